The standard InChI is InChI=1S/C28H36N2O5/c1-27-7-4-8-28(16-34-28)25(27)13-19-20(26(31)35-24(19)14-27)15-30-10-6-17-11-22(32-2)23(33-3)12-18(17)21(30)5-9-29/h11-12,19-21,24-25H,4-8,10,13-16H2,1-3H3. The minimum absolute atomic E-state index is 0.0125. The average Bonchev–Trinajstić information content (AvgIpc) is 3.55. The van der Waals surface area contributed by atoms with Crippen LogP contribution in [0.4, 0.5) is 0 Å². The van der Waals surface area contributed by atoms with Gasteiger partial charge in [0.1, 0.15) is 6.10 Å². The second kappa shape index (κ2) is 8.38. The summed E-state index contributed by atoms with van der Waals surface area (Å²) in [6.45, 7) is 4.72. The zero-order valence-electron chi connectivity index (χ0n) is 21.0. The zero-order chi connectivity index (χ0) is 24.4. The van der Waals surface area contributed by atoms with Crippen molar-refractivity contribution in [2.24, 2.45) is 23.2 Å². The molecule has 35 heavy (non-hydrogen) atoms. The molecule has 7 nitrogen and oxygen atoms in total. The lowest BCUT2D eigenvalue weighted by molar-refractivity contribution is -0.147. The van der Waals surface area contributed by atoms with E-state index in [2.05, 4.69) is 17.9 Å². The largest absolute Gasteiger partial charge is 0.493 e. The summed E-state index contributed by atoms with van der Waals surface area (Å²) >= 11 is 0. The summed E-state index contributed by atoms with van der Waals surface area (Å²) < 4.78 is 23.2. The second-order valence-electron chi connectivity index (χ2n) is 11.6. The Morgan fingerprint density at radius 2 is 2.00 bits per heavy atom. The summed E-state index contributed by atoms with van der Waals surface area (Å²) in [5, 5.41) is 9.67. The molecule has 0 radical (unpaired) electrons. The van der Waals surface area contributed by atoms with E-state index in [0.717, 1.165) is 44.4 Å². The molecule has 2 saturated heterocycles. The first-order valence-corrected chi connectivity index (χ1v) is 13.1. The Kier molecular flexibility index (Phi) is 5.54. The lowest BCUT2D eigenvalue weighted by Gasteiger charge is -2.51. The van der Waals surface area contributed by atoms with Crippen molar-refractivity contribution in [3.05, 3.63) is 23.3 Å². The lowest BCUT2D eigenvalue weighted by Crippen LogP contribution is -2.51. The molecule has 4 fully saturated rings. The predicted molar refractivity (Wildman–Crippen MR) is 128 cm³/mol. The Balaban J connectivity index is 1.26. The molecule has 3 heterocycles. The van der Waals surface area contributed by atoms with Crippen LogP contribution in [0.25, 0.3) is 0 Å². The molecule has 7 unspecified atom stereocenters. The lowest BCUT2D eigenvalue weighted by atomic mass is 9.53. The van der Waals surface area contributed by atoms with Crippen molar-refractivity contribution in [1.29, 1.82) is 5.26 Å². The fourth-order valence-corrected chi connectivity index (χ4v) is 8.04. The van der Waals surface area contributed by atoms with Crippen molar-refractivity contribution in [3.63, 3.8) is 0 Å². The third-order valence-electron chi connectivity index (χ3n) is 9.91. The van der Waals surface area contributed by atoms with Gasteiger partial charge in [-0.3, -0.25) is 9.69 Å². The maximum atomic E-state index is 13.2. The topological polar surface area (TPSA) is 84.3 Å². The molecule has 1 aromatic carbocycles. The van der Waals surface area contributed by atoms with E-state index < -0.39 is 0 Å². The number of nitriles is 1. The molecule has 1 aromatic rings. The van der Waals surface area contributed by atoms with Crippen LogP contribution in [-0.4, -0.2) is 56.5 Å². The van der Waals surface area contributed by atoms with Crippen LogP contribution in [0.1, 0.15) is 62.6 Å². The number of carbonyl (C=O) groups is 1. The fourth-order valence-electron chi connectivity index (χ4n) is 8.04. The third kappa shape index (κ3) is 3.64. The van der Waals surface area contributed by atoms with Gasteiger partial charge in [-0.1, -0.05) is 6.92 Å². The predicted octanol–water partition coefficient (Wildman–Crippen LogP) is 4.04. The molecule has 0 amide bonds. The molecule has 6 rings (SSSR count). The van der Waals surface area contributed by atoms with Crippen molar-refractivity contribution in [1.82, 2.24) is 4.90 Å². The molecule has 5 aliphatic rings. The Bertz CT molecular complexity index is 1060. The molecule has 7 atom stereocenters. The van der Waals surface area contributed by atoms with Crippen LogP contribution < -0.4 is 9.47 Å². The highest BCUT2D eigenvalue weighted by atomic mass is 16.6. The quantitative estimate of drug-likeness (QED) is 0.464. The van der Waals surface area contributed by atoms with Gasteiger partial charge in [-0.05, 0) is 73.1 Å². The number of esters is 1. The van der Waals surface area contributed by atoms with E-state index >= 15 is 0 Å². The van der Waals surface area contributed by atoms with Crippen molar-refractivity contribution in [2.45, 2.75) is 69.6 Å². The van der Waals surface area contributed by atoms with E-state index in [1.54, 1.807) is 14.2 Å². The van der Waals surface area contributed by atoms with Gasteiger partial charge in [-0.2, -0.15) is 5.26 Å². The molecule has 7 heteroatoms. The number of hydrogen-bond donors (Lipinski definition) is 0. The smallest absolute Gasteiger partial charge is 0.310 e. The van der Waals surface area contributed by atoms with E-state index in [1.165, 1.54) is 18.4 Å². The Hall–Kier alpha value is -2.30. The normalized spacial score (nSPS) is 39.7. The molecule has 2 saturated carbocycles. The Morgan fingerprint density at radius 3 is 2.71 bits per heavy atom. The first kappa shape index (κ1) is 23.1. The van der Waals surface area contributed by atoms with Crippen LogP contribution in [0.5, 0.6) is 11.5 Å². The monoisotopic (exact) mass is 480 g/mol. The van der Waals surface area contributed by atoms with E-state index in [1.807, 2.05) is 12.1 Å². The van der Waals surface area contributed by atoms with Gasteiger partial charge in [-0.25, -0.2) is 0 Å². The highest BCUT2D eigenvalue weighted by Gasteiger charge is 2.65. The number of nitrogens with zero attached hydrogens (tertiary/aromatic N) is 2. The molecule has 2 aliphatic carbocycles. The number of hydrogen-bond acceptors (Lipinski definition) is 7. The van der Waals surface area contributed by atoms with Gasteiger partial charge in [0.2, 0.25) is 0 Å². The second-order valence-corrected chi connectivity index (χ2v) is 11.6. The summed E-state index contributed by atoms with van der Waals surface area (Å²) in [5.74, 6) is 1.93. The third-order valence-corrected chi connectivity index (χ3v) is 9.91. The van der Waals surface area contributed by atoms with Gasteiger partial charge in [0.05, 0.1) is 44.8 Å². The fraction of sp³-hybridized carbons (Fsp3) is 0.714. The molecule has 0 bridgehead atoms. The van der Waals surface area contributed by atoms with Crippen LogP contribution >= 0.6 is 0 Å². The number of fused-ring (bicyclic) bond motifs is 4. The van der Waals surface area contributed by atoms with E-state index in [4.69, 9.17) is 18.9 Å². The molecule has 3 aliphatic heterocycles. The number of carbonyl (C=O) groups excluding carboxylic acids is 1. The van der Waals surface area contributed by atoms with Crippen LogP contribution in [-0.2, 0) is 20.7 Å². The highest BCUT2D eigenvalue weighted by molar-refractivity contribution is 5.75. The molecule has 188 valence electrons. The molecule has 0 N–H and O–H groups in total. The number of methoxy groups -OCH3 is 2. The zero-order valence-corrected chi connectivity index (χ0v) is 21.0. The van der Waals surface area contributed by atoms with E-state index in [-0.39, 0.29) is 41.0 Å². The van der Waals surface area contributed by atoms with Crippen LogP contribution in [0.15, 0.2) is 12.1 Å². The molecular weight excluding hydrogens is 444 g/mol. The summed E-state index contributed by atoms with van der Waals surface area (Å²) in [7, 11) is 3.28. The van der Waals surface area contributed by atoms with Crippen molar-refractivity contribution in [3.8, 4) is 17.6 Å². The number of rotatable bonds is 5. The molecule has 1 spiro atoms. The Morgan fingerprint density at radius 1 is 1.23 bits per heavy atom. The van der Waals surface area contributed by atoms with Crippen LogP contribution in [0, 0.1) is 34.5 Å². The maximum absolute atomic E-state index is 13.2. The SMILES string of the molecule is COc1cc2c(cc1OC)C(CC#N)N(CC1C(=O)OC3CC4(C)CCCC5(CO5)C4CC31)CC2. The van der Waals surface area contributed by atoms with E-state index in [0.29, 0.717) is 30.4 Å². The van der Waals surface area contributed by atoms with Gasteiger partial charge < -0.3 is 18.9 Å². The van der Waals surface area contributed by atoms with Crippen molar-refractivity contribution < 1.29 is 23.7 Å². The summed E-state index contributed by atoms with van der Waals surface area (Å²) in [4.78, 5) is 15.6. The molecular formula is C28H36N2O5. The van der Waals surface area contributed by atoms with Crippen molar-refractivity contribution in [2.75, 3.05) is 33.9 Å². The summed E-state index contributed by atoms with van der Waals surface area (Å²) in [6.07, 6.45) is 6.76. The summed E-state index contributed by atoms with van der Waals surface area (Å²) in [5.41, 5.74) is 2.55. The van der Waals surface area contributed by atoms with Gasteiger partial charge in [-0.15, -0.1) is 0 Å². The van der Waals surface area contributed by atoms with Gasteiger partial charge in [0.15, 0.2) is 11.5 Å². The number of epoxide rings is 1. The first-order chi connectivity index (χ1) is 16.9. The van der Waals surface area contributed by atoms with Gasteiger partial charge in [0.25, 0.3) is 0 Å². The summed E-state index contributed by atoms with van der Waals surface area (Å²) in [6, 6.07) is 6.36. The number of benzene rings is 1. The van der Waals surface area contributed by atoms with Gasteiger partial charge >= 0.3 is 5.97 Å². The average molecular weight is 481 g/mol. The van der Waals surface area contributed by atoms with E-state index in [9.17, 15) is 10.1 Å². The first-order valence-electron chi connectivity index (χ1n) is 13.1. The molecule has 0 aromatic heterocycles. The van der Waals surface area contributed by atoms with Crippen LogP contribution in [0.2, 0.25) is 0 Å². The van der Waals surface area contributed by atoms with Crippen molar-refractivity contribution >= 4 is 5.97 Å². The van der Waals surface area contributed by atoms with Gasteiger partial charge in [0, 0.05) is 25.0 Å². The minimum Gasteiger partial charge on any atom is -0.493 e. The minimum atomic E-state index is -0.148. The Labute approximate surface area is 207 Å². The maximum Gasteiger partial charge on any atom is 0.310 e. The highest BCUT2D eigenvalue weighted by Crippen LogP contribution is 2.63. The van der Waals surface area contributed by atoms with Crippen LogP contribution in [0.3, 0.4) is 0 Å². The number of ether oxygens (including phenoxy) is 4.